The van der Waals surface area contributed by atoms with Crippen molar-refractivity contribution < 1.29 is 14.3 Å². The Morgan fingerprint density at radius 3 is 2.72 bits per heavy atom. The molecule has 0 saturated carbocycles. The number of hydrogen-bond donors (Lipinski definition) is 1. The number of carbonyl (C=O) groups is 1. The van der Waals surface area contributed by atoms with Crippen molar-refractivity contribution in [2.45, 2.75) is 13.5 Å². The van der Waals surface area contributed by atoms with E-state index in [1.807, 2.05) is 43.1 Å². The van der Waals surface area contributed by atoms with Crippen LogP contribution in [0, 0.1) is 6.92 Å². The summed E-state index contributed by atoms with van der Waals surface area (Å²) in [7, 11) is 1.90. The largest absolute Gasteiger partial charge is 0.486 e. The van der Waals surface area contributed by atoms with Crippen LogP contribution in [-0.2, 0) is 11.3 Å². The molecule has 1 N–H and O–H groups in total. The van der Waals surface area contributed by atoms with Gasteiger partial charge in [0.15, 0.2) is 11.5 Å². The van der Waals surface area contributed by atoms with Crippen molar-refractivity contribution in [3.8, 4) is 11.5 Å². The molecule has 0 bridgehead atoms. The molecule has 25 heavy (non-hydrogen) atoms. The van der Waals surface area contributed by atoms with Crippen LogP contribution in [0.1, 0.15) is 11.1 Å². The first-order valence-electron chi connectivity index (χ1n) is 8.00. The van der Waals surface area contributed by atoms with E-state index in [4.69, 9.17) is 9.47 Å². The third-order valence-corrected chi connectivity index (χ3v) is 4.49. The molecule has 0 fully saturated rings. The quantitative estimate of drug-likeness (QED) is 0.827. The summed E-state index contributed by atoms with van der Waals surface area (Å²) in [6, 6.07) is 7.60. The maximum absolute atomic E-state index is 12.2. The number of carbonyl (C=O) groups excluding carboxylic acids is 1. The van der Waals surface area contributed by atoms with E-state index >= 15 is 0 Å². The summed E-state index contributed by atoms with van der Waals surface area (Å²) < 4.78 is 12.1. The average Bonchev–Trinajstić information content (AvgIpc) is 2.55. The van der Waals surface area contributed by atoms with Crippen molar-refractivity contribution in [2.24, 2.45) is 0 Å². The van der Waals surface area contributed by atoms with Crippen LogP contribution in [0.4, 0.5) is 5.82 Å². The van der Waals surface area contributed by atoms with Gasteiger partial charge in [-0.15, -0.1) is 0 Å². The van der Waals surface area contributed by atoms with Crippen molar-refractivity contribution in [1.29, 1.82) is 0 Å². The molecule has 0 atom stereocenters. The zero-order valence-electron chi connectivity index (χ0n) is 14.2. The number of fused-ring (bicyclic) bond motifs is 1. The number of aryl methyl sites for hydroxylation is 1. The van der Waals surface area contributed by atoms with Gasteiger partial charge in [0.25, 0.3) is 0 Å². The molecule has 2 heterocycles. The number of nitrogens with one attached hydrogen (secondary N) is 1. The number of likely N-dealkylation sites (N-methyl/N-ethyl adjacent to an activating group) is 1. The lowest BCUT2D eigenvalue weighted by Crippen LogP contribution is -2.30. The smallest absolute Gasteiger partial charge is 0.239 e. The van der Waals surface area contributed by atoms with Gasteiger partial charge in [0, 0.05) is 17.2 Å². The number of aromatic nitrogens is 1. The highest BCUT2D eigenvalue weighted by molar-refractivity contribution is 9.10. The Hall–Kier alpha value is -2.12. The molecule has 0 unspecified atom stereocenters. The maximum atomic E-state index is 12.2. The average molecular weight is 406 g/mol. The summed E-state index contributed by atoms with van der Waals surface area (Å²) in [5.74, 6) is 1.95. The molecule has 0 saturated heterocycles. The van der Waals surface area contributed by atoms with E-state index in [0.29, 0.717) is 25.6 Å². The first-order valence-corrected chi connectivity index (χ1v) is 8.79. The van der Waals surface area contributed by atoms with Crippen LogP contribution >= 0.6 is 15.9 Å². The van der Waals surface area contributed by atoms with E-state index in [1.54, 1.807) is 6.20 Å². The molecule has 1 aromatic carbocycles. The van der Waals surface area contributed by atoms with Crippen LogP contribution in [0.25, 0.3) is 0 Å². The molecule has 3 rings (SSSR count). The van der Waals surface area contributed by atoms with Crippen molar-refractivity contribution in [3.63, 3.8) is 0 Å². The number of anilines is 1. The highest BCUT2D eigenvalue weighted by atomic mass is 79.9. The van der Waals surface area contributed by atoms with Gasteiger partial charge in [-0.05, 0) is 49.4 Å². The number of halogens is 1. The lowest BCUT2D eigenvalue weighted by atomic mass is 10.2. The second-order valence-corrected chi connectivity index (χ2v) is 6.88. The number of rotatable bonds is 5. The molecule has 1 aromatic heterocycles. The predicted molar refractivity (Wildman–Crippen MR) is 99.1 cm³/mol. The molecule has 7 heteroatoms. The number of pyridine rings is 1. The molecule has 132 valence electrons. The van der Waals surface area contributed by atoms with Crippen molar-refractivity contribution in [2.75, 3.05) is 32.1 Å². The van der Waals surface area contributed by atoms with Gasteiger partial charge >= 0.3 is 0 Å². The molecule has 1 aliphatic rings. The number of ether oxygens (including phenoxy) is 2. The van der Waals surface area contributed by atoms with Gasteiger partial charge in [0.2, 0.25) is 5.91 Å². The van der Waals surface area contributed by atoms with Gasteiger partial charge in [-0.1, -0.05) is 15.9 Å². The topological polar surface area (TPSA) is 63.7 Å². The molecule has 6 nitrogen and oxygen atoms in total. The standard InChI is InChI=1S/C18H20BrN3O3/c1-12-3-4-20-17(7-12)21-18(23)11-22(2)10-13-8-15-16(9-14(13)19)25-6-5-24-15/h3-4,7-9H,5-6,10-11H2,1-2H3,(H,20,21,23). The van der Waals surface area contributed by atoms with Gasteiger partial charge in [0.1, 0.15) is 19.0 Å². The fourth-order valence-corrected chi connectivity index (χ4v) is 3.05. The monoisotopic (exact) mass is 405 g/mol. The molecule has 0 radical (unpaired) electrons. The van der Waals surface area contributed by atoms with Crippen molar-refractivity contribution >= 4 is 27.7 Å². The molecule has 1 amide bonds. The van der Waals surface area contributed by atoms with Crippen LogP contribution in [0.15, 0.2) is 34.9 Å². The molecule has 0 spiro atoms. The zero-order valence-corrected chi connectivity index (χ0v) is 15.8. The minimum absolute atomic E-state index is 0.103. The van der Waals surface area contributed by atoms with Crippen LogP contribution in [0.5, 0.6) is 11.5 Å². The summed E-state index contributed by atoms with van der Waals surface area (Å²) in [6.07, 6.45) is 1.68. The zero-order chi connectivity index (χ0) is 17.8. The van der Waals surface area contributed by atoms with Crippen molar-refractivity contribution in [1.82, 2.24) is 9.88 Å². The Kier molecular flexibility index (Phi) is 5.55. The third-order valence-electron chi connectivity index (χ3n) is 3.75. The summed E-state index contributed by atoms with van der Waals surface area (Å²) in [4.78, 5) is 18.3. The van der Waals surface area contributed by atoms with E-state index in [2.05, 4.69) is 26.2 Å². The Morgan fingerprint density at radius 1 is 1.28 bits per heavy atom. The number of hydrogen-bond acceptors (Lipinski definition) is 5. The first kappa shape index (κ1) is 17.7. The second kappa shape index (κ2) is 7.84. The van der Waals surface area contributed by atoms with Crippen molar-refractivity contribution in [3.05, 3.63) is 46.1 Å². The van der Waals surface area contributed by atoms with Crippen LogP contribution in [0.3, 0.4) is 0 Å². The molecular formula is C18H20BrN3O3. The Bertz CT molecular complexity index is 782. The Balaban J connectivity index is 1.60. The number of benzene rings is 1. The van der Waals surface area contributed by atoms with E-state index < -0.39 is 0 Å². The lowest BCUT2D eigenvalue weighted by molar-refractivity contribution is -0.117. The van der Waals surface area contributed by atoms with E-state index in [0.717, 1.165) is 27.1 Å². The fourth-order valence-electron chi connectivity index (χ4n) is 2.61. The van der Waals surface area contributed by atoms with Crippen LogP contribution in [0.2, 0.25) is 0 Å². The maximum Gasteiger partial charge on any atom is 0.239 e. The van der Waals surface area contributed by atoms with E-state index in [1.165, 1.54) is 0 Å². The van der Waals surface area contributed by atoms with Gasteiger partial charge in [0.05, 0.1) is 6.54 Å². The predicted octanol–water partition coefficient (Wildman–Crippen LogP) is 2.99. The minimum atomic E-state index is -0.103. The van der Waals surface area contributed by atoms with Gasteiger partial charge in [-0.3, -0.25) is 9.69 Å². The lowest BCUT2D eigenvalue weighted by Gasteiger charge is -2.22. The second-order valence-electron chi connectivity index (χ2n) is 6.03. The third kappa shape index (κ3) is 4.70. The summed E-state index contributed by atoms with van der Waals surface area (Å²) in [5, 5.41) is 2.82. The van der Waals surface area contributed by atoms with Gasteiger partial charge < -0.3 is 14.8 Å². The van der Waals surface area contributed by atoms with Crippen LogP contribution < -0.4 is 14.8 Å². The number of amides is 1. The normalized spacial score (nSPS) is 13.0. The molecular weight excluding hydrogens is 386 g/mol. The van der Waals surface area contributed by atoms with E-state index in [-0.39, 0.29) is 12.5 Å². The molecule has 1 aliphatic heterocycles. The highest BCUT2D eigenvalue weighted by Crippen LogP contribution is 2.35. The Morgan fingerprint density at radius 2 is 2.00 bits per heavy atom. The summed E-state index contributed by atoms with van der Waals surface area (Å²) >= 11 is 3.56. The SMILES string of the molecule is Cc1ccnc(NC(=O)CN(C)Cc2cc3c(cc2Br)OCCO3)c1. The van der Waals surface area contributed by atoms with Gasteiger partial charge in [-0.25, -0.2) is 4.98 Å². The summed E-state index contributed by atoms with van der Waals surface area (Å²) in [6.45, 7) is 3.94. The minimum Gasteiger partial charge on any atom is -0.486 e. The molecule has 0 aliphatic carbocycles. The van der Waals surface area contributed by atoms with Gasteiger partial charge in [-0.2, -0.15) is 0 Å². The highest BCUT2D eigenvalue weighted by Gasteiger charge is 2.16. The van der Waals surface area contributed by atoms with E-state index in [9.17, 15) is 4.79 Å². The Labute approximate surface area is 155 Å². The number of nitrogens with zero attached hydrogens (tertiary/aromatic N) is 2. The first-order chi connectivity index (χ1) is 12.0. The molecule has 2 aromatic rings. The van der Waals surface area contributed by atoms with Crippen LogP contribution in [-0.4, -0.2) is 42.6 Å². The fraction of sp³-hybridized carbons (Fsp3) is 0.333. The summed E-state index contributed by atoms with van der Waals surface area (Å²) in [5.41, 5.74) is 2.09.